The highest BCUT2D eigenvalue weighted by atomic mass is 79.9. The minimum atomic E-state index is -4.16. The van der Waals surface area contributed by atoms with Gasteiger partial charge in [0.2, 0.25) is 0 Å². The first-order valence-corrected chi connectivity index (χ1v) is 8.71. The van der Waals surface area contributed by atoms with Gasteiger partial charge >= 0.3 is 0 Å². The SMILES string of the molecule is Cc1nnc(COc2cc(F)c(S(=O)(=O)Cl)cc2Br)n1C. The number of hydrogen-bond donors (Lipinski definition) is 0. The van der Waals surface area contributed by atoms with Gasteiger partial charge in [-0.05, 0) is 28.9 Å². The average molecular weight is 399 g/mol. The lowest BCUT2D eigenvalue weighted by atomic mass is 10.3. The maximum atomic E-state index is 13.7. The second kappa shape index (κ2) is 5.90. The predicted octanol–water partition coefficient (Wildman–Crippen LogP) is 2.53. The van der Waals surface area contributed by atoms with Crippen molar-refractivity contribution in [3.8, 4) is 5.75 Å². The van der Waals surface area contributed by atoms with Gasteiger partial charge in [-0.3, -0.25) is 0 Å². The van der Waals surface area contributed by atoms with E-state index in [1.807, 2.05) is 0 Å². The van der Waals surface area contributed by atoms with E-state index in [1.54, 1.807) is 18.5 Å². The van der Waals surface area contributed by atoms with E-state index in [-0.39, 0.29) is 16.8 Å². The predicted molar refractivity (Wildman–Crippen MR) is 77.2 cm³/mol. The Morgan fingerprint density at radius 2 is 2.10 bits per heavy atom. The summed E-state index contributed by atoms with van der Waals surface area (Å²) in [6.45, 7) is 1.84. The molecule has 0 atom stereocenters. The van der Waals surface area contributed by atoms with E-state index in [9.17, 15) is 12.8 Å². The number of aromatic nitrogens is 3. The Hall–Kier alpha value is -1.19. The molecule has 0 N–H and O–H groups in total. The Labute approximate surface area is 133 Å². The maximum absolute atomic E-state index is 13.7. The zero-order valence-corrected chi connectivity index (χ0v) is 14.1. The van der Waals surface area contributed by atoms with Crippen molar-refractivity contribution in [3.63, 3.8) is 0 Å². The van der Waals surface area contributed by atoms with Crippen LogP contribution in [0.25, 0.3) is 0 Å². The fraction of sp³-hybridized carbons (Fsp3) is 0.273. The molecule has 0 radical (unpaired) electrons. The van der Waals surface area contributed by atoms with E-state index >= 15 is 0 Å². The van der Waals surface area contributed by atoms with Crippen molar-refractivity contribution >= 4 is 35.7 Å². The van der Waals surface area contributed by atoms with E-state index in [0.717, 1.165) is 12.1 Å². The standard InChI is InChI=1S/C11H10BrClFN3O3S/c1-6-15-16-11(17(6)2)5-20-9-4-8(14)10(3-7(9)12)21(13,18)19/h3-4H,5H2,1-2H3. The third kappa shape index (κ3) is 3.53. The van der Waals surface area contributed by atoms with Crippen LogP contribution in [0, 0.1) is 12.7 Å². The molecular weight excluding hydrogens is 389 g/mol. The molecule has 0 aliphatic carbocycles. The molecule has 2 aromatic rings. The first-order chi connectivity index (χ1) is 9.70. The molecule has 0 saturated carbocycles. The van der Waals surface area contributed by atoms with Crippen LogP contribution in [0.2, 0.25) is 0 Å². The van der Waals surface area contributed by atoms with Crippen molar-refractivity contribution in [1.29, 1.82) is 0 Å². The van der Waals surface area contributed by atoms with Gasteiger partial charge in [0.15, 0.2) is 5.82 Å². The Balaban J connectivity index is 2.26. The van der Waals surface area contributed by atoms with Gasteiger partial charge in [0.25, 0.3) is 9.05 Å². The lowest BCUT2D eigenvalue weighted by Crippen LogP contribution is -2.05. The number of hydrogen-bond acceptors (Lipinski definition) is 5. The van der Waals surface area contributed by atoms with Crippen molar-refractivity contribution in [2.45, 2.75) is 18.4 Å². The van der Waals surface area contributed by atoms with E-state index in [0.29, 0.717) is 11.6 Å². The highest BCUT2D eigenvalue weighted by Gasteiger charge is 2.19. The summed E-state index contributed by atoms with van der Waals surface area (Å²) in [4.78, 5) is -0.613. The summed E-state index contributed by atoms with van der Waals surface area (Å²) in [5.74, 6) is 0.408. The molecule has 6 nitrogen and oxygen atoms in total. The fourth-order valence-electron chi connectivity index (χ4n) is 1.53. The smallest absolute Gasteiger partial charge is 0.264 e. The molecule has 114 valence electrons. The Morgan fingerprint density at radius 3 is 2.62 bits per heavy atom. The van der Waals surface area contributed by atoms with Gasteiger partial charge in [-0.1, -0.05) is 0 Å². The lowest BCUT2D eigenvalue weighted by Gasteiger charge is -2.09. The van der Waals surface area contributed by atoms with Crippen LogP contribution in [0.4, 0.5) is 4.39 Å². The van der Waals surface area contributed by atoms with Crippen LogP contribution in [-0.4, -0.2) is 23.2 Å². The first kappa shape index (κ1) is 16.2. The van der Waals surface area contributed by atoms with Crippen LogP contribution in [0.5, 0.6) is 5.75 Å². The highest BCUT2D eigenvalue weighted by Crippen LogP contribution is 2.32. The molecule has 10 heteroatoms. The number of rotatable bonds is 4. The summed E-state index contributed by atoms with van der Waals surface area (Å²) in [6.07, 6.45) is 0. The number of halogens is 3. The average Bonchev–Trinajstić information content (AvgIpc) is 2.69. The molecule has 21 heavy (non-hydrogen) atoms. The Morgan fingerprint density at radius 1 is 1.43 bits per heavy atom. The topological polar surface area (TPSA) is 74.1 Å². The summed E-state index contributed by atoms with van der Waals surface area (Å²) in [5.41, 5.74) is 0. The van der Waals surface area contributed by atoms with E-state index < -0.39 is 19.8 Å². The normalized spacial score (nSPS) is 11.7. The van der Waals surface area contributed by atoms with Crippen LogP contribution < -0.4 is 4.74 Å². The van der Waals surface area contributed by atoms with E-state index in [4.69, 9.17) is 15.4 Å². The third-order valence-electron chi connectivity index (χ3n) is 2.79. The van der Waals surface area contributed by atoms with Gasteiger partial charge in [0.1, 0.15) is 28.9 Å². The minimum Gasteiger partial charge on any atom is -0.484 e. The van der Waals surface area contributed by atoms with Crippen molar-refractivity contribution in [3.05, 3.63) is 34.1 Å². The van der Waals surface area contributed by atoms with Crippen LogP contribution in [0.1, 0.15) is 11.6 Å². The highest BCUT2D eigenvalue weighted by molar-refractivity contribution is 9.10. The van der Waals surface area contributed by atoms with Gasteiger partial charge in [-0.2, -0.15) is 0 Å². The zero-order chi connectivity index (χ0) is 15.8. The molecule has 0 saturated heterocycles. The van der Waals surface area contributed by atoms with Crippen molar-refractivity contribution in [2.24, 2.45) is 7.05 Å². The van der Waals surface area contributed by atoms with Crippen LogP contribution in [-0.2, 0) is 22.7 Å². The maximum Gasteiger partial charge on any atom is 0.264 e. The molecular formula is C11H10BrClFN3O3S. The zero-order valence-electron chi connectivity index (χ0n) is 11.0. The molecule has 0 aliphatic rings. The summed E-state index contributed by atoms with van der Waals surface area (Å²) in [7, 11) is 2.75. The van der Waals surface area contributed by atoms with Gasteiger partial charge in [0, 0.05) is 23.8 Å². The summed E-state index contributed by atoms with van der Waals surface area (Å²) < 4.78 is 43.5. The van der Waals surface area contributed by atoms with Gasteiger partial charge in [-0.15, -0.1) is 10.2 Å². The molecule has 1 aromatic heterocycles. The quantitative estimate of drug-likeness (QED) is 0.740. The van der Waals surface area contributed by atoms with Crippen molar-refractivity contribution < 1.29 is 17.5 Å². The fourth-order valence-corrected chi connectivity index (χ4v) is 3.04. The van der Waals surface area contributed by atoms with Gasteiger partial charge in [0.05, 0.1) is 4.47 Å². The number of aryl methyl sites for hydroxylation is 1. The minimum absolute atomic E-state index is 0.0579. The van der Waals surface area contributed by atoms with Crippen molar-refractivity contribution in [1.82, 2.24) is 14.8 Å². The van der Waals surface area contributed by atoms with Gasteiger partial charge < -0.3 is 9.30 Å². The molecule has 1 aromatic carbocycles. The summed E-state index contributed by atoms with van der Waals surface area (Å²) in [6, 6.07) is 2.00. The van der Waals surface area contributed by atoms with Crippen molar-refractivity contribution in [2.75, 3.05) is 0 Å². The van der Waals surface area contributed by atoms with E-state index in [1.165, 1.54) is 0 Å². The lowest BCUT2D eigenvalue weighted by molar-refractivity contribution is 0.287. The Bertz CT molecular complexity index is 794. The van der Waals surface area contributed by atoms with Crippen LogP contribution in [0.3, 0.4) is 0 Å². The number of ether oxygens (including phenoxy) is 1. The second-order valence-electron chi connectivity index (χ2n) is 4.16. The molecule has 0 bridgehead atoms. The monoisotopic (exact) mass is 397 g/mol. The second-order valence-corrected chi connectivity index (χ2v) is 7.55. The summed E-state index contributed by atoms with van der Waals surface area (Å²) in [5, 5.41) is 7.77. The number of benzene rings is 1. The number of nitrogens with zero attached hydrogens (tertiary/aromatic N) is 3. The molecule has 0 amide bonds. The molecule has 0 fully saturated rings. The summed E-state index contributed by atoms with van der Waals surface area (Å²) >= 11 is 3.11. The first-order valence-electron chi connectivity index (χ1n) is 5.61. The van der Waals surface area contributed by atoms with Gasteiger partial charge in [-0.25, -0.2) is 12.8 Å². The van der Waals surface area contributed by atoms with Crippen LogP contribution >= 0.6 is 26.6 Å². The third-order valence-corrected chi connectivity index (χ3v) is 4.75. The largest absolute Gasteiger partial charge is 0.484 e. The molecule has 0 spiro atoms. The Kier molecular flexibility index (Phi) is 4.54. The van der Waals surface area contributed by atoms with E-state index in [2.05, 4.69) is 26.1 Å². The van der Waals surface area contributed by atoms with Crippen LogP contribution in [0.15, 0.2) is 21.5 Å². The molecule has 0 aliphatic heterocycles. The molecule has 0 unspecified atom stereocenters. The molecule has 2 rings (SSSR count). The molecule has 1 heterocycles.